The van der Waals surface area contributed by atoms with E-state index >= 15 is 0 Å². The van der Waals surface area contributed by atoms with Crippen LogP contribution in [-0.4, -0.2) is 18.9 Å². The molecule has 1 aromatic rings. The highest BCUT2D eigenvalue weighted by Gasteiger charge is 2.23. The number of benzene rings is 1. The molecule has 0 radical (unpaired) electrons. The van der Waals surface area contributed by atoms with Gasteiger partial charge in [0.2, 0.25) is 0 Å². The number of ketones is 1. The molecule has 0 heterocycles. The first-order chi connectivity index (χ1) is 8.50. The Morgan fingerprint density at radius 3 is 2.28 bits per heavy atom. The summed E-state index contributed by atoms with van der Waals surface area (Å²) in [5.41, 5.74) is 5.42. The minimum Gasteiger partial charge on any atom is -0.371 e. The maximum Gasteiger partial charge on any atom is 0.133 e. The predicted octanol–water partition coefficient (Wildman–Crippen LogP) is 3.56. The Balaban J connectivity index is 2.21. The lowest BCUT2D eigenvalue weighted by Crippen LogP contribution is -2.35. The fourth-order valence-electron chi connectivity index (χ4n) is 2.83. The average molecular weight is 245 g/mol. The molecule has 0 unspecified atom stereocenters. The van der Waals surface area contributed by atoms with Gasteiger partial charge in [0.15, 0.2) is 0 Å². The van der Waals surface area contributed by atoms with Crippen LogP contribution in [0.25, 0.3) is 0 Å². The second-order valence-electron chi connectivity index (χ2n) is 5.53. The van der Waals surface area contributed by atoms with Crippen LogP contribution in [0.5, 0.6) is 0 Å². The molecule has 1 aliphatic rings. The van der Waals surface area contributed by atoms with Gasteiger partial charge >= 0.3 is 0 Å². The molecule has 2 rings (SSSR count). The van der Waals surface area contributed by atoms with Crippen molar-refractivity contribution in [2.75, 3.05) is 11.9 Å². The van der Waals surface area contributed by atoms with Crippen molar-refractivity contribution in [1.29, 1.82) is 0 Å². The smallest absolute Gasteiger partial charge is 0.133 e. The third-order valence-corrected chi connectivity index (χ3v) is 4.47. The SMILES string of the molecule is Cc1ccc(N(C)C2CCC(=O)CC2)c(C)c1C. The Kier molecular flexibility index (Phi) is 3.74. The highest BCUT2D eigenvalue weighted by molar-refractivity contribution is 5.79. The number of Topliss-reactive ketones (excluding diaryl/α,β-unsaturated/α-hetero) is 1. The number of hydrogen-bond donors (Lipinski definition) is 0. The molecule has 0 bridgehead atoms. The molecule has 0 amide bonds. The zero-order valence-corrected chi connectivity index (χ0v) is 11.9. The zero-order chi connectivity index (χ0) is 13.3. The number of nitrogens with zero attached hydrogens (tertiary/aromatic N) is 1. The van der Waals surface area contributed by atoms with Crippen molar-refractivity contribution in [3.63, 3.8) is 0 Å². The fourth-order valence-corrected chi connectivity index (χ4v) is 2.83. The van der Waals surface area contributed by atoms with Crippen LogP contribution in [0.4, 0.5) is 5.69 Å². The number of aryl methyl sites for hydroxylation is 1. The monoisotopic (exact) mass is 245 g/mol. The molecule has 1 fully saturated rings. The molecule has 1 aromatic carbocycles. The van der Waals surface area contributed by atoms with Gasteiger partial charge in [-0.05, 0) is 56.4 Å². The molecule has 18 heavy (non-hydrogen) atoms. The first kappa shape index (κ1) is 13.1. The minimum atomic E-state index is 0.427. The molecule has 2 heteroatoms. The van der Waals surface area contributed by atoms with E-state index in [1.165, 1.54) is 22.4 Å². The fraction of sp³-hybridized carbons (Fsp3) is 0.562. The van der Waals surface area contributed by atoms with Gasteiger partial charge < -0.3 is 4.90 Å². The van der Waals surface area contributed by atoms with E-state index in [-0.39, 0.29) is 0 Å². The predicted molar refractivity (Wildman–Crippen MR) is 76.3 cm³/mol. The second kappa shape index (κ2) is 5.13. The van der Waals surface area contributed by atoms with E-state index in [0.717, 1.165) is 25.7 Å². The van der Waals surface area contributed by atoms with Crippen molar-refractivity contribution in [1.82, 2.24) is 0 Å². The van der Waals surface area contributed by atoms with Crippen molar-refractivity contribution < 1.29 is 4.79 Å². The van der Waals surface area contributed by atoms with Gasteiger partial charge in [0.1, 0.15) is 5.78 Å². The van der Waals surface area contributed by atoms with Gasteiger partial charge in [-0.3, -0.25) is 4.79 Å². The normalized spacial score (nSPS) is 17.0. The van der Waals surface area contributed by atoms with Crippen LogP contribution >= 0.6 is 0 Å². The van der Waals surface area contributed by atoms with E-state index in [4.69, 9.17) is 0 Å². The summed E-state index contributed by atoms with van der Waals surface area (Å²) >= 11 is 0. The van der Waals surface area contributed by atoms with Gasteiger partial charge in [-0.1, -0.05) is 6.07 Å². The quantitative estimate of drug-likeness (QED) is 0.794. The maximum absolute atomic E-state index is 11.3. The van der Waals surface area contributed by atoms with Gasteiger partial charge in [-0.2, -0.15) is 0 Å². The average Bonchev–Trinajstić information content (AvgIpc) is 2.36. The Bertz CT molecular complexity index is 454. The largest absolute Gasteiger partial charge is 0.371 e. The molecule has 1 aliphatic carbocycles. The van der Waals surface area contributed by atoms with Crippen LogP contribution in [0.2, 0.25) is 0 Å². The van der Waals surface area contributed by atoms with Crippen molar-refractivity contribution >= 4 is 11.5 Å². The van der Waals surface area contributed by atoms with Crippen molar-refractivity contribution in [3.05, 3.63) is 28.8 Å². The van der Waals surface area contributed by atoms with Crippen molar-refractivity contribution in [3.8, 4) is 0 Å². The molecule has 1 saturated carbocycles. The minimum absolute atomic E-state index is 0.427. The lowest BCUT2D eigenvalue weighted by molar-refractivity contribution is -0.120. The van der Waals surface area contributed by atoms with Crippen LogP contribution in [0.15, 0.2) is 12.1 Å². The molecule has 0 saturated heterocycles. The van der Waals surface area contributed by atoms with Gasteiger partial charge in [0.05, 0.1) is 0 Å². The third kappa shape index (κ3) is 2.43. The summed E-state index contributed by atoms with van der Waals surface area (Å²) in [6, 6.07) is 4.93. The van der Waals surface area contributed by atoms with Crippen LogP contribution < -0.4 is 4.90 Å². The zero-order valence-electron chi connectivity index (χ0n) is 11.9. The van der Waals surface area contributed by atoms with Crippen molar-refractivity contribution in [2.24, 2.45) is 0 Å². The summed E-state index contributed by atoms with van der Waals surface area (Å²) in [4.78, 5) is 13.7. The maximum atomic E-state index is 11.3. The standard InChI is InChI=1S/C16H23NO/c1-11-5-10-16(13(3)12(11)2)17(4)14-6-8-15(18)9-7-14/h5,10,14H,6-9H2,1-4H3. The van der Waals surface area contributed by atoms with E-state index in [2.05, 4.69) is 44.9 Å². The molecule has 0 spiro atoms. The summed E-state index contributed by atoms with van der Waals surface area (Å²) in [5, 5.41) is 0. The summed E-state index contributed by atoms with van der Waals surface area (Å²) in [6.45, 7) is 6.54. The van der Waals surface area contributed by atoms with Gasteiger partial charge in [0, 0.05) is 31.6 Å². The molecular weight excluding hydrogens is 222 g/mol. The summed E-state index contributed by atoms with van der Waals surface area (Å²) in [7, 11) is 2.16. The van der Waals surface area contributed by atoms with Crippen LogP contribution in [0.1, 0.15) is 42.4 Å². The number of hydrogen-bond acceptors (Lipinski definition) is 2. The summed E-state index contributed by atoms with van der Waals surface area (Å²) in [5.74, 6) is 0.427. The van der Waals surface area contributed by atoms with E-state index in [1.807, 2.05) is 0 Å². The topological polar surface area (TPSA) is 20.3 Å². The molecule has 0 atom stereocenters. The summed E-state index contributed by atoms with van der Waals surface area (Å²) in [6.07, 6.45) is 3.50. The molecule has 0 aromatic heterocycles. The third-order valence-electron chi connectivity index (χ3n) is 4.47. The number of carbonyl (C=O) groups excluding carboxylic acids is 1. The van der Waals surface area contributed by atoms with Crippen molar-refractivity contribution in [2.45, 2.75) is 52.5 Å². The Labute approximate surface area is 110 Å². The molecular formula is C16H23NO. The van der Waals surface area contributed by atoms with Gasteiger partial charge in [-0.15, -0.1) is 0 Å². The first-order valence-electron chi connectivity index (χ1n) is 6.82. The van der Waals surface area contributed by atoms with Gasteiger partial charge in [0.25, 0.3) is 0 Å². The van der Waals surface area contributed by atoms with E-state index in [1.54, 1.807) is 0 Å². The Hall–Kier alpha value is -1.31. The number of anilines is 1. The lowest BCUT2D eigenvalue weighted by Gasteiger charge is -2.34. The van der Waals surface area contributed by atoms with Crippen LogP contribution in [-0.2, 0) is 4.79 Å². The highest BCUT2D eigenvalue weighted by atomic mass is 16.1. The Morgan fingerprint density at radius 1 is 1.06 bits per heavy atom. The first-order valence-corrected chi connectivity index (χ1v) is 6.82. The molecule has 0 aliphatic heterocycles. The van der Waals surface area contributed by atoms with E-state index in [9.17, 15) is 4.79 Å². The van der Waals surface area contributed by atoms with E-state index < -0.39 is 0 Å². The van der Waals surface area contributed by atoms with Crippen LogP contribution in [0, 0.1) is 20.8 Å². The van der Waals surface area contributed by atoms with E-state index in [0.29, 0.717) is 11.8 Å². The summed E-state index contributed by atoms with van der Waals surface area (Å²) < 4.78 is 0. The second-order valence-corrected chi connectivity index (χ2v) is 5.53. The number of carbonyl (C=O) groups is 1. The van der Waals surface area contributed by atoms with Crippen LogP contribution in [0.3, 0.4) is 0 Å². The molecule has 2 nitrogen and oxygen atoms in total. The molecule has 0 N–H and O–H groups in total. The Morgan fingerprint density at radius 2 is 1.67 bits per heavy atom. The molecule has 98 valence electrons. The van der Waals surface area contributed by atoms with Gasteiger partial charge in [-0.25, -0.2) is 0 Å². The lowest BCUT2D eigenvalue weighted by atomic mass is 9.92. The number of rotatable bonds is 2. The highest BCUT2D eigenvalue weighted by Crippen LogP contribution is 2.29.